The van der Waals surface area contributed by atoms with E-state index in [9.17, 15) is 14.4 Å². The highest BCUT2D eigenvalue weighted by Gasteiger charge is 2.23. The summed E-state index contributed by atoms with van der Waals surface area (Å²) in [6.45, 7) is 4.07. The predicted octanol–water partition coefficient (Wildman–Crippen LogP) is 0.799. The Morgan fingerprint density at radius 2 is 2.10 bits per heavy atom. The lowest BCUT2D eigenvalue weighted by Crippen LogP contribution is -2.47. The number of urea groups is 1. The summed E-state index contributed by atoms with van der Waals surface area (Å²) in [7, 11) is 0. The first kappa shape index (κ1) is 17.4. The molecule has 1 heterocycles. The van der Waals surface area contributed by atoms with Crippen LogP contribution < -0.4 is 10.6 Å². The molecule has 3 N–H and O–H groups in total. The molecule has 0 aromatic carbocycles. The molecule has 1 rings (SSSR count). The SMILES string of the molecule is CCCCNC(=O)NC(=O)CN1CCCC(CC(=O)O)C1. The zero-order valence-corrected chi connectivity index (χ0v) is 12.6. The Hall–Kier alpha value is -1.63. The Kier molecular flexibility index (Phi) is 7.74. The highest BCUT2D eigenvalue weighted by molar-refractivity contribution is 5.95. The van der Waals surface area contributed by atoms with Crippen LogP contribution in [0.1, 0.15) is 39.0 Å². The van der Waals surface area contributed by atoms with Gasteiger partial charge in [-0.25, -0.2) is 4.79 Å². The van der Waals surface area contributed by atoms with Crippen LogP contribution in [-0.2, 0) is 9.59 Å². The topological polar surface area (TPSA) is 98.7 Å². The second kappa shape index (κ2) is 9.33. The molecule has 1 aliphatic rings. The van der Waals surface area contributed by atoms with Crippen molar-refractivity contribution in [3.8, 4) is 0 Å². The molecular formula is C14H25N3O4. The summed E-state index contributed by atoms with van der Waals surface area (Å²) >= 11 is 0. The van der Waals surface area contributed by atoms with Gasteiger partial charge in [-0.2, -0.15) is 0 Å². The highest BCUT2D eigenvalue weighted by atomic mass is 16.4. The number of imide groups is 1. The molecule has 0 bridgehead atoms. The Morgan fingerprint density at radius 1 is 1.33 bits per heavy atom. The number of piperidine rings is 1. The fourth-order valence-electron chi connectivity index (χ4n) is 2.50. The smallest absolute Gasteiger partial charge is 0.321 e. The van der Waals surface area contributed by atoms with Crippen molar-refractivity contribution >= 4 is 17.9 Å². The molecule has 0 aromatic heterocycles. The minimum absolute atomic E-state index is 0.0856. The maximum atomic E-state index is 11.8. The normalized spacial score (nSPS) is 19.0. The number of carbonyl (C=O) groups excluding carboxylic acids is 2. The van der Waals surface area contributed by atoms with Crippen molar-refractivity contribution in [1.29, 1.82) is 0 Å². The minimum Gasteiger partial charge on any atom is -0.481 e. The first-order valence-electron chi connectivity index (χ1n) is 7.53. The number of carbonyl (C=O) groups is 3. The number of nitrogens with zero attached hydrogens (tertiary/aromatic N) is 1. The number of nitrogens with one attached hydrogen (secondary N) is 2. The minimum atomic E-state index is -0.804. The zero-order chi connectivity index (χ0) is 15.7. The number of amides is 3. The second-order valence-corrected chi connectivity index (χ2v) is 5.50. The summed E-state index contributed by atoms with van der Waals surface area (Å²) in [4.78, 5) is 35.8. The third-order valence-electron chi connectivity index (χ3n) is 3.50. The molecule has 3 amide bonds. The molecule has 1 atom stereocenters. The van der Waals surface area contributed by atoms with Crippen molar-refractivity contribution in [3.05, 3.63) is 0 Å². The lowest BCUT2D eigenvalue weighted by molar-refractivity contribution is -0.138. The number of hydrogen-bond acceptors (Lipinski definition) is 4. The molecule has 1 unspecified atom stereocenters. The first-order chi connectivity index (χ1) is 10.0. The molecule has 7 heteroatoms. The maximum Gasteiger partial charge on any atom is 0.321 e. The summed E-state index contributed by atoms with van der Waals surface area (Å²) in [5, 5.41) is 13.7. The van der Waals surface area contributed by atoms with Crippen LogP contribution in [0.5, 0.6) is 0 Å². The molecule has 1 aliphatic heterocycles. The first-order valence-corrected chi connectivity index (χ1v) is 7.53. The van der Waals surface area contributed by atoms with Crippen molar-refractivity contribution in [3.63, 3.8) is 0 Å². The fraction of sp³-hybridized carbons (Fsp3) is 0.786. The van der Waals surface area contributed by atoms with Gasteiger partial charge >= 0.3 is 12.0 Å². The van der Waals surface area contributed by atoms with Crippen LogP contribution in [0, 0.1) is 5.92 Å². The van der Waals surface area contributed by atoms with E-state index in [0.717, 1.165) is 32.2 Å². The van der Waals surface area contributed by atoms with Crippen LogP contribution in [0.3, 0.4) is 0 Å². The highest BCUT2D eigenvalue weighted by Crippen LogP contribution is 2.19. The van der Waals surface area contributed by atoms with E-state index in [-0.39, 0.29) is 24.8 Å². The number of hydrogen-bond donors (Lipinski definition) is 3. The van der Waals surface area contributed by atoms with E-state index in [2.05, 4.69) is 10.6 Å². The Labute approximate surface area is 125 Å². The van der Waals surface area contributed by atoms with Crippen LogP contribution in [0.2, 0.25) is 0 Å². The van der Waals surface area contributed by atoms with E-state index in [1.165, 1.54) is 0 Å². The van der Waals surface area contributed by atoms with Gasteiger partial charge < -0.3 is 10.4 Å². The van der Waals surface area contributed by atoms with Gasteiger partial charge in [0.25, 0.3) is 0 Å². The zero-order valence-electron chi connectivity index (χ0n) is 12.6. The van der Waals surface area contributed by atoms with E-state index >= 15 is 0 Å². The van der Waals surface area contributed by atoms with Gasteiger partial charge in [-0.3, -0.25) is 19.8 Å². The van der Waals surface area contributed by atoms with Crippen LogP contribution in [0.4, 0.5) is 4.79 Å². The number of unbranched alkanes of at least 4 members (excludes halogenated alkanes) is 1. The summed E-state index contributed by atoms with van der Waals surface area (Å²) < 4.78 is 0. The van der Waals surface area contributed by atoms with Crippen molar-refractivity contribution in [2.24, 2.45) is 5.92 Å². The van der Waals surface area contributed by atoms with Gasteiger partial charge in [-0.05, 0) is 31.7 Å². The molecule has 0 saturated carbocycles. The van der Waals surface area contributed by atoms with Gasteiger partial charge in [0.2, 0.25) is 5.91 Å². The summed E-state index contributed by atoms with van der Waals surface area (Å²) in [6.07, 6.45) is 3.75. The van der Waals surface area contributed by atoms with Crippen LogP contribution >= 0.6 is 0 Å². The van der Waals surface area contributed by atoms with Gasteiger partial charge in [0.1, 0.15) is 0 Å². The maximum absolute atomic E-state index is 11.8. The van der Waals surface area contributed by atoms with Crippen molar-refractivity contribution in [2.75, 3.05) is 26.2 Å². The molecule has 1 fully saturated rings. The fourth-order valence-corrected chi connectivity index (χ4v) is 2.50. The number of rotatable bonds is 7. The van der Waals surface area contributed by atoms with E-state index in [1.807, 2.05) is 11.8 Å². The molecule has 1 saturated heterocycles. The Balaban J connectivity index is 2.26. The number of carboxylic acids is 1. The van der Waals surface area contributed by atoms with E-state index in [4.69, 9.17) is 5.11 Å². The average Bonchev–Trinajstić information content (AvgIpc) is 2.38. The van der Waals surface area contributed by atoms with Crippen molar-refractivity contribution in [2.45, 2.75) is 39.0 Å². The third kappa shape index (κ3) is 7.65. The van der Waals surface area contributed by atoms with Crippen LogP contribution in [-0.4, -0.2) is 54.1 Å². The van der Waals surface area contributed by atoms with Gasteiger partial charge in [0.15, 0.2) is 0 Å². The Bertz CT molecular complexity index is 373. The van der Waals surface area contributed by atoms with Crippen LogP contribution in [0.25, 0.3) is 0 Å². The number of carboxylic acid groups (broad SMARTS) is 1. The molecule has 0 spiro atoms. The van der Waals surface area contributed by atoms with Gasteiger partial charge in [0.05, 0.1) is 6.54 Å². The number of aliphatic carboxylic acids is 1. The monoisotopic (exact) mass is 299 g/mol. The van der Waals surface area contributed by atoms with Gasteiger partial charge in [-0.1, -0.05) is 13.3 Å². The second-order valence-electron chi connectivity index (χ2n) is 5.50. The average molecular weight is 299 g/mol. The molecule has 0 aromatic rings. The standard InChI is InChI=1S/C14H25N3O4/c1-2-3-6-15-14(21)16-12(18)10-17-7-4-5-11(9-17)8-13(19)20/h11H,2-10H2,1H3,(H,19,20)(H2,15,16,18,21). The lowest BCUT2D eigenvalue weighted by Gasteiger charge is -2.31. The molecule has 7 nitrogen and oxygen atoms in total. The van der Waals surface area contributed by atoms with Gasteiger partial charge in [-0.15, -0.1) is 0 Å². The quantitative estimate of drug-likeness (QED) is 0.604. The molecule has 0 radical (unpaired) electrons. The predicted molar refractivity (Wildman–Crippen MR) is 77.9 cm³/mol. The molecule has 0 aliphatic carbocycles. The van der Waals surface area contributed by atoms with E-state index in [0.29, 0.717) is 13.1 Å². The summed E-state index contributed by atoms with van der Waals surface area (Å²) in [6, 6.07) is -0.465. The molecule has 120 valence electrons. The Morgan fingerprint density at radius 3 is 2.76 bits per heavy atom. The van der Waals surface area contributed by atoms with Crippen LogP contribution in [0.15, 0.2) is 0 Å². The molecular weight excluding hydrogens is 274 g/mol. The largest absolute Gasteiger partial charge is 0.481 e. The van der Waals surface area contributed by atoms with E-state index < -0.39 is 12.0 Å². The van der Waals surface area contributed by atoms with Crippen molar-refractivity contribution in [1.82, 2.24) is 15.5 Å². The van der Waals surface area contributed by atoms with Crippen molar-refractivity contribution < 1.29 is 19.5 Å². The molecule has 21 heavy (non-hydrogen) atoms. The summed E-state index contributed by atoms with van der Waals surface area (Å²) in [5.41, 5.74) is 0. The number of likely N-dealkylation sites (tertiary alicyclic amines) is 1. The van der Waals surface area contributed by atoms with Gasteiger partial charge in [0, 0.05) is 19.5 Å². The van der Waals surface area contributed by atoms with E-state index in [1.54, 1.807) is 0 Å². The summed E-state index contributed by atoms with van der Waals surface area (Å²) in [5.74, 6) is -1.07. The third-order valence-corrected chi connectivity index (χ3v) is 3.50. The lowest BCUT2D eigenvalue weighted by atomic mass is 9.95.